The predicted octanol–water partition coefficient (Wildman–Crippen LogP) is 4.41. The van der Waals surface area contributed by atoms with Crippen molar-refractivity contribution in [3.05, 3.63) is 22.8 Å². The van der Waals surface area contributed by atoms with Gasteiger partial charge < -0.3 is 4.90 Å². The van der Waals surface area contributed by atoms with Crippen LogP contribution in [0.2, 0.25) is 0 Å². The Morgan fingerprint density at radius 1 is 1.41 bits per heavy atom. The van der Waals surface area contributed by atoms with Gasteiger partial charge >= 0.3 is 0 Å². The zero-order chi connectivity index (χ0) is 13.1. The molecule has 1 unspecified atom stereocenters. The van der Waals surface area contributed by atoms with Gasteiger partial charge in [0.05, 0.1) is 5.38 Å². The summed E-state index contributed by atoms with van der Waals surface area (Å²) in [7, 11) is 2.15. The molecule has 0 aromatic heterocycles. The number of halogens is 2. The van der Waals surface area contributed by atoms with Gasteiger partial charge in [-0.1, -0.05) is 38.4 Å². The van der Waals surface area contributed by atoms with Crippen LogP contribution in [-0.2, 0) is 0 Å². The van der Waals surface area contributed by atoms with Crippen molar-refractivity contribution in [1.82, 2.24) is 4.90 Å². The lowest BCUT2D eigenvalue weighted by Crippen LogP contribution is -2.30. The van der Waals surface area contributed by atoms with Crippen molar-refractivity contribution < 1.29 is 0 Å². The van der Waals surface area contributed by atoms with Gasteiger partial charge in [0.1, 0.15) is 0 Å². The molecule has 0 radical (unpaired) electrons. The van der Waals surface area contributed by atoms with Crippen LogP contribution in [0.5, 0.6) is 0 Å². The second-order valence-corrected chi connectivity index (χ2v) is 6.96. The van der Waals surface area contributed by atoms with Crippen LogP contribution >= 0.6 is 23.2 Å². The maximum Gasteiger partial charge on any atom is 0.0597 e. The van der Waals surface area contributed by atoms with Crippen LogP contribution in [0, 0.1) is 5.41 Å². The maximum atomic E-state index is 6.28. The summed E-state index contributed by atoms with van der Waals surface area (Å²) in [5.41, 5.74) is 1.52. The molecule has 0 aliphatic heterocycles. The first-order chi connectivity index (χ1) is 7.79. The Labute approximate surface area is 115 Å². The molecule has 0 bridgehead atoms. The fourth-order valence-electron chi connectivity index (χ4n) is 2.17. The number of nitrogens with zero attached hydrogens (tertiary/aromatic N) is 1. The van der Waals surface area contributed by atoms with Gasteiger partial charge in [0.15, 0.2) is 0 Å². The quantitative estimate of drug-likeness (QED) is 0.687. The summed E-state index contributed by atoms with van der Waals surface area (Å²) < 4.78 is 0. The average Bonchev–Trinajstić information content (AvgIpc) is 2.14. The molecule has 0 saturated heterocycles. The second kappa shape index (κ2) is 6.26. The summed E-state index contributed by atoms with van der Waals surface area (Å²) in [6.07, 6.45) is 5.88. The highest BCUT2D eigenvalue weighted by Crippen LogP contribution is 2.29. The number of hydrogen-bond acceptors (Lipinski definition) is 1. The predicted molar refractivity (Wildman–Crippen MR) is 77.8 cm³/mol. The Bertz CT molecular complexity index is 313. The van der Waals surface area contributed by atoms with E-state index in [9.17, 15) is 0 Å². The Hall–Kier alpha value is 0.0200. The lowest BCUT2D eigenvalue weighted by Gasteiger charge is -2.27. The van der Waals surface area contributed by atoms with E-state index in [4.69, 9.17) is 23.2 Å². The zero-order valence-corrected chi connectivity index (χ0v) is 12.8. The van der Waals surface area contributed by atoms with Gasteiger partial charge in [-0.15, -0.1) is 11.6 Å². The topological polar surface area (TPSA) is 3.24 Å². The van der Waals surface area contributed by atoms with Gasteiger partial charge in [-0.2, -0.15) is 0 Å². The molecule has 3 heteroatoms. The van der Waals surface area contributed by atoms with Crippen molar-refractivity contribution in [2.75, 3.05) is 20.1 Å². The van der Waals surface area contributed by atoms with E-state index in [0.717, 1.165) is 31.0 Å². The highest BCUT2D eigenvalue weighted by Gasteiger charge is 2.18. The van der Waals surface area contributed by atoms with E-state index in [-0.39, 0.29) is 5.38 Å². The van der Waals surface area contributed by atoms with E-state index < -0.39 is 0 Å². The van der Waals surface area contributed by atoms with Gasteiger partial charge in [-0.3, -0.25) is 0 Å². The molecule has 1 atom stereocenters. The van der Waals surface area contributed by atoms with Crippen LogP contribution in [0.15, 0.2) is 22.8 Å². The monoisotopic (exact) mass is 275 g/mol. The third-order valence-corrected chi connectivity index (χ3v) is 3.61. The van der Waals surface area contributed by atoms with E-state index in [1.807, 2.05) is 12.2 Å². The number of alkyl halides is 1. The summed E-state index contributed by atoms with van der Waals surface area (Å²) in [5.74, 6) is 0. The van der Waals surface area contributed by atoms with Crippen LogP contribution in [0.25, 0.3) is 0 Å². The van der Waals surface area contributed by atoms with Gasteiger partial charge in [0.2, 0.25) is 0 Å². The first-order valence-electron chi connectivity index (χ1n) is 6.17. The van der Waals surface area contributed by atoms with Crippen molar-refractivity contribution in [1.29, 1.82) is 0 Å². The Kier molecular flexibility index (Phi) is 5.56. The summed E-state index contributed by atoms with van der Waals surface area (Å²) in [6.45, 7) is 8.86. The summed E-state index contributed by atoms with van der Waals surface area (Å²) in [5, 5.41) is 0.913. The molecule has 1 nitrogen and oxygen atoms in total. The average molecular weight is 276 g/mol. The molecule has 0 fully saturated rings. The molecular formula is C14H23Cl2N. The maximum absolute atomic E-state index is 6.28. The fourth-order valence-corrected chi connectivity index (χ4v) is 2.87. The van der Waals surface area contributed by atoms with E-state index >= 15 is 0 Å². The Balaban J connectivity index is 2.47. The van der Waals surface area contributed by atoms with Gasteiger partial charge in [0, 0.05) is 18.1 Å². The van der Waals surface area contributed by atoms with Gasteiger partial charge in [-0.05, 0) is 37.0 Å². The Morgan fingerprint density at radius 3 is 2.59 bits per heavy atom. The van der Waals surface area contributed by atoms with Crippen molar-refractivity contribution in [3.8, 4) is 0 Å². The molecule has 0 heterocycles. The normalized spacial score (nSPS) is 21.5. The molecule has 1 aliphatic rings. The molecule has 98 valence electrons. The highest BCUT2D eigenvalue weighted by molar-refractivity contribution is 6.33. The van der Waals surface area contributed by atoms with Crippen molar-refractivity contribution in [2.45, 2.75) is 39.0 Å². The molecule has 1 rings (SSSR count). The molecule has 0 N–H and O–H groups in total. The highest BCUT2D eigenvalue weighted by atomic mass is 35.5. The first-order valence-corrected chi connectivity index (χ1v) is 6.99. The van der Waals surface area contributed by atoms with Crippen molar-refractivity contribution in [3.63, 3.8) is 0 Å². The third kappa shape index (κ3) is 5.46. The lowest BCUT2D eigenvalue weighted by atomic mass is 9.95. The van der Waals surface area contributed by atoms with Gasteiger partial charge in [0.25, 0.3) is 0 Å². The molecule has 17 heavy (non-hydrogen) atoms. The van der Waals surface area contributed by atoms with E-state index in [0.29, 0.717) is 5.41 Å². The largest absolute Gasteiger partial charge is 0.306 e. The van der Waals surface area contributed by atoms with E-state index in [1.54, 1.807) is 0 Å². The summed E-state index contributed by atoms with van der Waals surface area (Å²) in [6, 6.07) is 0. The van der Waals surface area contributed by atoms with Crippen LogP contribution in [0.3, 0.4) is 0 Å². The summed E-state index contributed by atoms with van der Waals surface area (Å²) >= 11 is 12.5. The molecule has 0 aromatic rings. The van der Waals surface area contributed by atoms with Gasteiger partial charge in [-0.25, -0.2) is 0 Å². The van der Waals surface area contributed by atoms with Crippen LogP contribution in [-0.4, -0.2) is 30.4 Å². The minimum atomic E-state index is 0.0792. The summed E-state index contributed by atoms with van der Waals surface area (Å²) in [4.78, 5) is 2.35. The van der Waals surface area contributed by atoms with E-state index in [1.165, 1.54) is 5.57 Å². The molecule has 1 aliphatic carbocycles. The molecule has 0 aromatic carbocycles. The third-order valence-electron chi connectivity index (χ3n) is 2.80. The SMILES string of the molecule is CN(CCC1=C(Cl)C=CCC1Cl)CC(C)(C)C. The standard InChI is InChI=1S/C14H23Cl2N/c1-14(2,3)10-17(4)9-8-11-12(15)6-5-7-13(11)16/h5-6,13H,7-10H2,1-4H3. The van der Waals surface area contributed by atoms with Crippen molar-refractivity contribution in [2.24, 2.45) is 5.41 Å². The van der Waals surface area contributed by atoms with Crippen molar-refractivity contribution >= 4 is 23.2 Å². The number of rotatable bonds is 4. The van der Waals surface area contributed by atoms with Crippen LogP contribution in [0.1, 0.15) is 33.6 Å². The fraction of sp³-hybridized carbons (Fsp3) is 0.714. The lowest BCUT2D eigenvalue weighted by molar-refractivity contribution is 0.228. The van der Waals surface area contributed by atoms with Crippen LogP contribution in [0.4, 0.5) is 0 Å². The minimum Gasteiger partial charge on any atom is -0.306 e. The first kappa shape index (κ1) is 15.1. The van der Waals surface area contributed by atoms with Crippen LogP contribution < -0.4 is 0 Å². The molecular weight excluding hydrogens is 253 g/mol. The zero-order valence-electron chi connectivity index (χ0n) is 11.3. The minimum absolute atomic E-state index is 0.0792. The van der Waals surface area contributed by atoms with E-state index in [2.05, 4.69) is 32.7 Å². The number of allylic oxidation sites excluding steroid dienone is 3. The second-order valence-electron chi connectivity index (χ2n) is 6.03. The molecule has 0 spiro atoms. The number of hydrogen-bond donors (Lipinski definition) is 0. The smallest absolute Gasteiger partial charge is 0.0597 e. The Morgan fingerprint density at radius 2 is 2.06 bits per heavy atom. The molecule has 0 saturated carbocycles. The molecule has 0 amide bonds.